The molecule has 1 unspecified atom stereocenters. The molecule has 1 aliphatic heterocycles. The lowest BCUT2D eigenvalue weighted by atomic mass is 10.1. The third-order valence-corrected chi connectivity index (χ3v) is 7.18. The number of likely N-dealkylation sites (tertiary alicyclic amines) is 1. The molecule has 0 aliphatic carbocycles. The molecule has 9 heteroatoms. The van der Waals surface area contributed by atoms with E-state index in [1.807, 2.05) is 60.6 Å². The number of aryl methyl sites for hydroxylation is 2. The zero-order chi connectivity index (χ0) is 24.2. The smallest absolute Gasteiger partial charge is 0.254 e. The van der Waals surface area contributed by atoms with Crippen molar-refractivity contribution >= 4 is 40.9 Å². The predicted octanol–water partition coefficient (Wildman–Crippen LogP) is 5.28. The van der Waals surface area contributed by atoms with Gasteiger partial charge in [0.25, 0.3) is 5.91 Å². The molecule has 1 atom stereocenters. The zero-order valence-corrected chi connectivity index (χ0v) is 21.1. The first kappa shape index (κ1) is 24.3. The molecule has 3 aromatic rings. The van der Waals surface area contributed by atoms with Crippen molar-refractivity contribution in [1.29, 1.82) is 0 Å². The first-order chi connectivity index (χ1) is 16.4. The second-order valence-electron chi connectivity index (χ2n) is 8.40. The van der Waals surface area contributed by atoms with E-state index in [0.717, 1.165) is 29.8 Å². The maximum absolute atomic E-state index is 13.2. The van der Waals surface area contributed by atoms with Gasteiger partial charge in [0.15, 0.2) is 11.0 Å². The minimum atomic E-state index is -0.139. The van der Waals surface area contributed by atoms with Crippen molar-refractivity contribution in [2.75, 3.05) is 17.6 Å². The average molecular weight is 498 g/mol. The van der Waals surface area contributed by atoms with E-state index in [1.54, 1.807) is 12.1 Å². The summed E-state index contributed by atoms with van der Waals surface area (Å²) in [7, 11) is 0. The van der Waals surface area contributed by atoms with Gasteiger partial charge in [0.05, 0.1) is 11.8 Å². The van der Waals surface area contributed by atoms with Crippen molar-refractivity contribution < 1.29 is 9.59 Å². The van der Waals surface area contributed by atoms with Crippen molar-refractivity contribution in [2.24, 2.45) is 0 Å². The Morgan fingerprint density at radius 1 is 1.15 bits per heavy atom. The number of halogens is 1. The topological polar surface area (TPSA) is 80.1 Å². The minimum absolute atomic E-state index is 0.0126. The quantitative estimate of drug-likeness (QED) is 0.449. The highest BCUT2D eigenvalue weighted by atomic mass is 35.5. The zero-order valence-electron chi connectivity index (χ0n) is 19.5. The summed E-state index contributed by atoms with van der Waals surface area (Å²) in [4.78, 5) is 27.6. The van der Waals surface area contributed by atoms with Crippen molar-refractivity contribution in [2.45, 2.75) is 51.4 Å². The summed E-state index contributed by atoms with van der Waals surface area (Å²) in [6, 6.07) is 12.9. The maximum Gasteiger partial charge on any atom is 0.254 e. The highest BCUT2D eigenvalue weighted by molar-refractivity contribution is 7.99. The highest BCUT2D eigenvalue weighted by Gasteiger charge is 2.34. The third kappa shape index (κ3) is 5.28. The van der Waals surface area contributed by atoms with Crippen LogP contribution < -0.4 is 5.32 Å². The summed E-state index contributed by atoms with van der Waals surface area (Å²) in [5.41, 5.74) is 3.45. The van der Waals surface area contributed by atoms with Gasteiger partial charge in [-0.3, -0.25) is 9.59 Å². The van der Waals surface area contributed by atoms with E-state index in [9.17, 15) is 9.59 Å². The van der Waals surface area contributed by atoms with Crippen LogP contribution in [-0.2, 0) is 11.3 Å². The largest absolute Gasteiger partial charge is 0.328 e. The second kappa shape index (κ2) is 10.6. The SMILES string of the molecule is CCn1c(SCC(=O)Nc2cc(Cl)ccc2C)nnc1C1CCCN1C(=O)c1ccc(C)cc1. The van der Waals surface area contributed by atoms with Crippen LogP contribution in [0, 0.1) is 13.8 Å². The van der Waals surface area contributed by atoms with Crippen molar-refractivity contribution in [3.05, 3.63) is 70.0 Å². The van der Waals surface area contributed by atoms with Crippen LogP contribution in [0.1, 0.15) is 53.1 Å². The summed E-state index contributed by atoms with van der Waals surface area (Å²) in [6.45, 7) is 7.30. The standard InChI is InChI=1S/C25H28ClN5O2S/c1-4-30-23(21-6-5-13-31(21)24(33)18-10-7-16(2)8-11-18)28-29-25(30)34-15-22(32)27-20-14-19(26)12-9-17(20)3/h7-12,14,21H,4-6,13,15H2,1-3H3,(H,27,32). The Hall–Kier alpha value is -2.84. The van der Waals surface area contributed by atoms with Gasteiger partial charge < -0.3 is 14.8 Å². The number of nitrogens with zero attached hydrogens (tertiary/aromatic N) is 4. The van der Waals surface area contributed by atoms with E-state index in [0.29, 0.717) is 34.5 Å². The Morgan fingerprint density at radius 3 is 2.65 bits per heavy atom. The Balaban J connectivity index is 1.46. The molecule has 1 saturated heterocycles. The summed E-state index contributed by atoms with van der Waals surface area (Å²) < 4.78 is 2.01. The number of aromatic nitrogens is 3. The fourth-order valence-corrected chi connectivity index (χ4v) is 5.12. The Morgan fingerprint density at radius 2 is 1.91 bits per heavy atom. The van der Waals surface area contributed by atoms with Gasteiger partial charge in [-0.15, -0.1) is 10.2 Å². The summed E-state index contributed by atoms with van der Waals surface area (Å²) in [5.74, 6) is 0.841. The monoisotopic (exact) mass is 497 g/mol. The second-order valence-corrected chi connectivity index (χ2v) is 9.78. The van der Waals surface area contributed by atoms with E-state index >= 15 is 0 Å². The molecule has 178 valence electrons. The van der Waals surface area contributed by atoms with E-state index in [2.05, 4.69) is 15.5 Å². The number of hydrogen-bond donors (Lipinski definition) is 1. The van der Waals surface area contributed by atoms with Crippen LogP contribution in [0.15, 0.2) is 47.6 Å². The molecule has 0 bridgehead atoms. The summed E-state index contributed by atoms with van der Waals surface area (Å²) in [6.07, 6.45) is 1.76. The number of hydrogen-bond acceptors (Lipinski definition) is 5. The lowest BCUT2D eigenvalue weighted by molar-refractivity contribution is -0.113. The van der Waals surface area contributed by atoms with Crippen LogP contribution in [-0.4, -0.2) is 43.8 Å². The fourth-order valence-electron chi connectivity index (χ4n) is 4.14. The molecule has 0 saturated carbocycles. The van der Waals surface area contributed by atoms with Gasteiger partial charge in [-0.05, 0) is 63.4 Å². The maximum atomic E-state index is 13.2. The lowest BCUT2D eigenvalue weighted by Gasteiger charge is -2.24. The Kier molecular flexibility index (Phi) is 7.58. The number of thioether (sulfide) groups is 1. The molecule has 1 aliphatic rings. The normalized spacial score (nSPS) is 15.5. The molecule has 0 radical (unpaired) electrons. The van der Waals surface area contributed by atoms with Crippen LogP contribution in [0.4, 0.5) is 5.69 Å². The molecule has 7 nitrogen and oxygen atoms in total. The van der Waals surface area contributed by atoms with Crippen LogP contribution in [0.3, 0.4) is 0 Å². The third-order valence-electron chi connectivity index (χ3n) is 5.98. The molecule has 4 rings (SSSR count). The van der Waals surface area contributed by atoms with Crippen molar-refractivity contribution in [3.63, 3.8) is 0 Å². The molecule has 0 spiro atoms. The van der Waals surface area contributed by atoms with Crippen LogP contribution in [0.5, 0.6) is 0 Å². The van der Waals surface area contributed by atoms with E-state index in [-0.39, 0.29) is 23.6 Å². The molecule has 2 amide bonds. The Labute approximate surface area is 208 Å². The predicted molar refractivity (Wildman–Crippen MR) is 135 cm³/mol. The van der Waals surface area contributed by atoms with E-state index < -0.39 is 0 Å². The molecule has 2 aromatic carbocycles. The van der Waals surface area contributed by atoms with E-state index in [1.165, 1.54) is 11.8 Å². The van der Waals surface area contributed by atoms with Gasteiger partial charge in [-0.25, -0.2) is 0 Å². The van der Waals surface area contributed by atoms with Crippen LogP contribution in [0.25, 0.3) is 0 Å². The van der Waals surface area contributed by atoms with Crippen molar-refractivity contribution in [3.8, 4) is 0 Å². The number of rotatable bonds is 7. The number of carbonyl (C=O) groups is 2. The fraction of sp³-hybridized carbons (Fsp3) is 0.360. The first-order valence-electron chi connectivity index (χ1n) is 11.4. The van der Waals surface area contributed by atoms with Gasteiger partial charge >= 0.3 is 0 Å². The summed E-state index contributed by atoms with van der Waals surface area (Å²) >= 11 is 7.39. The first-order valence-corrected chi connectivity index (χ1v) is 12.7. The van der Waals surface area contributed by atoms with Gasteiger partial charge in [-0.2, -0.15) is 0 Å². The molecule has 34 heavy (non-hydrogen) atoms. The van der Waals surface area contributed by atoms with Crippen LogP contribution in [0.2, 0.25) is 5.02 Å². The van der Waals surface area contributed by atoms with Crippen molar-refractivity contribution in [1.82, 2.24) is 19.7 Å². The molecule has 1 N–H and O–H groups in total. The Bertz CT molecular complexity index is 1190. The molecule has 2 heterocycles. The summed E-state index contributed by atoms with van der Waals surface area (Å²) in [5, 5.41) is 13.0. The molecular weight excluding hydrogens is 470 g/mol. The number of anilines is 1. The minimum Gasteiger partial charge on any atom is -0.328 e. The molecule has 1 aromatic heterocycles. The van der Waals surface area contributed by atoms with Gasteiger partial charge in [0.1, 0.15) is 0 Å². The van der Waals surface area contributed by atoms with Gasteiger partial charge in [0, 0.05) is 29.4 Å². The number of carbonyl (C=O) groups excluding carboxylic acids is 2. The average Bonchev–Trinajstić information content (AvgIpc) is 3.46. The number of amides is 2. The van der Waals surface area contributed by atoms with Gasteiger partial charge in [-0.1, -0.05) is 47.1 Å². The molecule has 1 fully saturated rings. The molecular formula is C25H28ClN5O2S. The number of nitrogens with one attached hydrogen (secondary N) is 1. The van der Waals surface area contributed by atoms with Crippen LogP contribution >= 0.6 is 23.4 Å². The van der Waals surface area contributed by atoms with E-state index in [4.69, 9.17) is 11.6 Å². The lowest BCUT2D eigenvalue weighted by Crippen LogP contribution is -2.32. The number of benzene rings is 2. The highest BCUT2D eigenvalue weighted by Crippen LogP contribution is 2.34. The van der Waals surface area contributed by atoms with Gasteiger partial charge in [0.2, 0.25) is 5.91 Å².